The summed E-state index contributed by atoms with van der Waals surface area (Å²) in [7, 11) is 0. The Morgan fingerprint density at radius 2 is 2.67 bits per heavy atom. The minimum absolute atomic E-state index is 1.11. The van der Waals surface area contributed by atoms with Gasteiger partial charge in [0.25, 0.3) is 0 Å². The van der Waals surface area contributed by atoms with Gasteiger partial charge in [-0.1, -0.05) is 0 Å². The second-order valence-electron chi connectivity index (χ2n) is 1.53. The number of nitrogens with one attached hydrogen (secondary N) is 1. The zero-order valence-electron chi connectivity index (χ0n) is 3.86. The van der Waals surface area contributed by atoms with E-state index in [-0.39, 0.29) is 0 Å². The van der Waals surface area contributed by atoms with Gasteiger partial charge in [0, 0.05) is 6.92 Å². The van der Waals surface area contributed by atoms with Crippen molar-refractivity contribution in [1.82, 2.24) is 0 Å². The smallest absolute Gasteiger partial charge is 0.163 e. The molecule has 1 nitrogen and oxygen atoms in total. The van der Waals surface area contributed by atoms with E-state index in [0.29, 0.717) is 0 Å². The van der Waals surface area contributed by atoms with Crippen molar-refractivity contribution in [1.29, 1.82) is 0 Å². The number of allylic oxidation sites excluding steroid dienone is 1. The lowest BCUT2D eigenvalue weighted by Gasteiger charge is -1.68. The van der Waals surface area contributed by atoms with Crippen LogP contribution in [0.25, 0.3) is 0 Å². The summed E-state index contributed by atoms with van der Waals surface area (Å²) in [6.07, 6.45) is 5.19. The molecule has 0 aromatic carbocycles. The molecule has 0 saturated carbocycles. The van der Waals surface area contributed by atoms with Gasteiger partial charge in [-0.25, -0.2) is 4.99 Å². The zero-order chi connectivity index (χ0) is 4.41. The van der Waals surface area contributed by atoms with Gasteiger partial charge in [-0.15, -0.1) is 0 Å². The molecule has 0 aliphatic carbocycles. The summed E-state index contributed by atoms with van der Waals surface area (Å²) in [5.74, 6) is 0. The van der Waals surface area contributed by atoms with Crippen LogP contribution in [0.5, 0.6) is 0 Å². The third kappa shape index (κ3) is 0.482. The first kappa shape index (κ1) is 3.59. The summed E-state index contributed by atoms with van der Waals surface area (Å²) in [5, 5.41) is 0. The van der Waals surface area contributed by atoms with Gasteiger partial charge < -0.3 is 0 Å². The standard InChI is InChI=1S/C5H7N/c1-5-3-2-4-6-5/h2,4H,3H2,1H3/p+1. The van der Waals surface area contributed by atoms with E-state index in [1.165, 1.54) is 5.71 Å². The average molecular weight is 82.1 g/mol. The molecule has 1 rings (SSSR count). The minimum Gasteiger partial charge on any atom is -0.219 e. The Kier molecular flexibility index (Phi) is 0.748. The fourth-order valence-corrected chi connectivity index (χ4v) is 0.496. The van der Waals surface area contributed by atoms with Gasteiger partial charge in [-0.05, 0) is 6.08 Å². The van der Waals surface area contributed by atoms with Crippen LogP contribution >= 0.6 is 0 Å². The maximum atomic E-state index is 3.06. The van der Waals surface area contributed by atoms with Crippen molar-refractivity contribution < 1.29 is 4.99 Å². The molecule has 0 atom stereocenters. The lowest BCUT2D eigenvalue weighted by atomic mass is 10.3. The third-order valence-corrected chi connectivity index (χ3v) is 0.872. The quantitative estimate of drug-likeness (QED) is 0.403. The van der Waals surface area contributed by atoms with Crippen molar-refractivity contribution in [3.05, 3.63) is 12.3 Å². The Balaban J connectivity index is 2.61. The van der Waals surface area contributed by atoms with Crippen LogP contribution in [0, 0.1) is 0 Å². The predicted octanol–water partition coefficient (Wildman–Crippen LogP) is -0.555. The van der Waals surface area contributed by atoms with Crippen molar-refractivity contribution in [3.8, 4) is 0 Å². The molecule has 0 aromatic heterocycles. The van der Waals surface area contributed by atoms with Gasteiger partial charge in [0.1, 0.15) is 0 Å². The van der Waals surface area contributed by atoms with Gasteiger partial charge in [0.2, 0.25) is 0 Å². The highest BCUT2D eigenvalue weighted by Crippen LogP contribution is 1.81. The third-order valence-electron chi connectivity index (χ3n) is 0.872. The molecule has 1 heterocycles. The van der Waals surface area contributed by atoms with Crippen LogP contribution in [-0.2, 0) is 0 Å². The maximum absolute atomic E-state index is 3.06. The second kappa shape index (κ2) is 1.25. The first-order valence-corrected chi connectivity index (χ1v) is 2.13. The number of hydrogen-bond acceptors (Lipinski definition) is 0. The largest absolute Gasteiger partial charge is 0.219 e. The second-order valence-corrected chi connectivity index (χ2v) is 1.53. The summed E-state index contributed by atoms with van der Waals surface area (Å²) < 4.78 is 0. The monoisotopic (exact) mass is 82.1 g/mol. The first-order valence-electron chi connectivity index (χ1n) is 2.13. The molecule has 0 amide bonds. The molecule has 1 heteroatoms. The lowest BCUT2D eigenvalue weighted by Crippen LogP contribution is -2.62. The molecule has 0 spiro atoms. The van der Waals surface area contributed by atoms with Gasteiger partial charge >= 0.3 is 0 Å². The summed E-state index contributed by atoms with van der Waals surface area (Å²) >= 11 is 0. The van der Waals surface area contributed by atoms with E-state index in [9.17, 15) is 0 Å². The van der Waals surface area contributed by atoms with E-state index in [2.05, 4.69) is 18.0 Å². The van der Waals surface area contributed by atoms with Crippen molar-refractivity contribution in [2.75, 3.05) is 0 Å². The molecule has 0 unspecified atom stereocenters. The number of hydrogen-bond donors (Lipinski definition) is 1. The average Bonchev–Trinajstić information content (AvgIpc) is 1.86. The Morgan fingerprint density at radius 1 is 1.83 bits per heavy atom. The molecule has 0 saturated heterocycles. The Hall–Kier alpha value is -0.590. The highest BCUT2D eigenvalue weighted by molar-refractivity contribution is 5.78. The van der Waals surface area contributed by atoms with Gasteiger partial charge in [0.15, 0.2) is 11.9 Å². The van der Waals surface area contributed by atoms with Crippen molar-refractivity contribution >= 4 is 5.71 Å². The Labute approximate surface area is 37.4 Å². The molecule has 1 N–H and O–H groups in total. The molecule has 1 aliphatic heterocycles. The van der Waals surface area contributed by atoms with Crippen LogP contribution in [0.15, 0.2) is 12.3 Å². The number of rotatable bonds is 0. The fourth-order valence-electron chi connectivity index (χ4n) is 0.496. The van der Waals surface area contributed by atoms with Crippen LogP contribution in [0.1, 0.15) is 13.3 Å². The highest BCUT2D eigenvalue weighted by Gasteiger charge is 1.96. The molecule has 0 radical (unpaired) electrons. The maximum Gasteiger partial charge on any atom is 0.163 e. The lowest BCUT2D eigenvalue weighted by molar-refractivity contribution is -0.369. The van der Waals surface area contributed by atoms with E-state index < -0.39 is 0 Å². The first-order chi connectivity index (χ1) is 2.89. The van der Waals surface area contributed by atoms with Crippen LogP contribution < -0.4 is 4.99 Å². The van der Waals surface area contributed by atoms with E-state index in [4.69, 9.17) is 0 Å². The minimum atomic E-state index is 1.11. The predicted molar refractivity (Wildman–Crippen MR) is 25.4 cm³/mol. The van der Waals surface area contributed by atoms with Crippen LogP contribution in [0.2, 0.25) is 0 Å². The Morgan fingerprint density at radius 3 is 2.83 bits per heavy atom. The van der Waals surface area contributed by atoms with Crippen LogP contribution in [0.3, 0.4) is 0 Å². The van der Waals surface area contributed by atoms with Gasteiger partial charge in [-0.3, -0.25) is 0 Å². The molecule has 1 aliphatic rings. The molecule has 0 fully saturated rings. The van der Waals surface area contributed by atoms with E-state index in [1.54, 1.807) is 0 Å². The Bertz CT molecular complexity index is 101. The zero-order valence-corrected chi connectivity index (χ0v) is 3.86. The summed E-state index contributed by atoms with van der Waals surface area (Å²) in [6, 6.07) is 0. The van der Waals surface area contributed by atoms with E-state index >= 15 is 0 Å². The van der Waals surface area contributed by atoms with Crippen molar-refractivity contribution in [2.24, 2.45) is 0 Å². The van der Waals surface area contributed by atoms with E-state index in [1.807, 2.05) is 6.20 Å². The van der Waals surface area contributed by atoms with Gasteiger partial charge in [-0.2, -0.15) is 0 Å². The van der Waals surface area contributed by atoms with Crippen LogP contribution in [0.4, 0.5) is 0 Å². The normalized spacial score (nSPS) is 18.5. The van der Waals surface area contributed by atoms with E-state index in [0.717, 1.165) is 6.42 Å². The molecule has 6 heavy (non-hydrogen) atoms. The fraction of sp³-hybridized carbons (Fsp3) is 0.400. The SMILES string of the molecule is CC1=[NH+]C=CC1. The molecule has 0 bridgehead atoms. The molecular weight excluding hydrogens is 74.1 g/mol. The summed E-state index contributed by atoms with van der Waals surface area (Å²) in [4.78, 5) is 3.06. The molecule has 32 valence electrons. The summed E-state index contributed by atoms with van der Waals surface area (Å²) in [6.45, 7) is 2.08. The van der Waals surface area contributed by atoms with Gasteiger partial charge in [0.05, 0.1) is 6.42 Å². The molecular formula is C5H8N+. The molecule has 0 aromatic rings. The van der Waals surface area contributed by atoms with Crippen LogP contribution in [-0.4, -0.2) is 5.71 Å². The summed E-state index contributed by atoms with van der Waals surface area (Å²) in [5.41, 5.74) is 1.34. The van der Waals surface area contributed by atoms with Crippen molar-refractivity contribution in [2.45, 2.75) is 13.3 Å². The topological polar surface area (TPSA) is 14.0 Å². The van der Waals surface area contributed by atoms with Crippen molar-refractivity contribution in [3.63, 3.8) is 0 Å². The highest BCUT2D eigenvalue weighted by atomic mass is 14.7.